The monoisotopic (exact) mass is 424 g/mol. The summed E-state index contributed by atoms with van der Waals surface area (Å²) in [7, 11) is 0. The van der Waals surface area contributed by atoms with E-state index in [9.17, 15) is 24.6 Å². The molecule has 1 N–H and O–H groups in total. The third-order valence-corrected chi connectivity index (χ3v) is 5.27. The van der Waals surface area contributed by atoms with Gasteiger partial charge in [0.25, 0.3) is 0 Å². The van der Waals surface area contributed by atoms with Crippen molar-refractivity contribution in [3.63, 3.8) is 0 Å². The molecule has 3 aromatic rings. The van der Waals surface area contributed by atoms with E-state index in [-0.39, 0.29) is 29.4 Å². The first-order chi connectivity index (χ1) is 14.6. The zero-order valence-corrected chi connectivity index (χ0v) is 17.6. The summed E-state index contributed by atoms with van der Waals surface area (Å²) in [6, 6.07) is 8.09. The predicted octanol–water partition coefficient (Wildman–Crippen LogP) is 3.52. The van der Waals surface area contributed by atoms with Crippen LogP contribution < -0.4 is 5.32 Å². The highest BCUT2D eigenvalue weighted by Crippen LogP contribution is 2.28. The molecule has 3 rings (SSSR count). The van der Waals surface area contributed by atoms with Crippen LogP contribution in [-0.2, 0) is 17.9 Å². The lowest BCUT2D eigenvalue weighted by Gasteiger charge is -2.13. The molecule has 31 heavy (non-hydrogen) atoms. The Morgan fingerprint density at radius 2 is 1.87 bits per heavy atom. The molecule has 0 spiro atoms. The molecule has 0 saturated heterocycles. The van der Waals surface area contributed by atoms with E-state index >= 15 is 0 Å². The number of hydrogen-bond acceptors (Lipinski definition) is 5. The van der Waals surface area contributed by atoms with Gasteiger partial charge in [0.1, 0.15) is 35.6 Å². The quantitative estimate of drug-likeness (QED) is 0.480. The van der Waals surface area contributed by atoms with E-state index in [2.05, 4.69) is 16.5 Å². The van der Waals surface area contributed by atoms with Crippen molar-refractivity contribution < 1.29 is 14.1 Å². The summed E-state index contributed by atoms with van der Waals surface area (Å²) in [6.45, 7) is 6.74. The molecule has 2 aromatic heterocycles. The van der Waals surface area contributed by atoms with Crippen molar-refractivity contribution in [1.29, 1.82) is 5.26 Å². The first-order valence-corrected chi connectivity index (χ1v) is 9.46. The molecule has 0 atom stereocenters. The van der Waals surface area contributed by atoms with E-state index in [1.54, 1.807) is 23.6 Å². The number of rotatable bonds is 6. The van der Waals surface area contributed by atoms with Gasteiger partial charge in [-0.3, -0.25) is 19.6 Å². The molecule has 0 aliphatic heterocycles. The maximum atomic E-state index is 13.2. The van der Waals surface area contributed by atoms with Gasteiger partial charge < -0.3 is 9.88 Å². The van der Waals surface area contributed by atoms with E-state index in [0.717, 1.165) is 16.8 Å². The highest BCUT2D eigenvalue weighted by atomic mass is 19.1. The number of amides is 1. The van der Waals surface area contributed by atoms with Crippen LogP contribution in [0.4, 0.5) is 15.9 Å². The van der Waals surface area contributed by atoms with Crippen molar-refractivity contribution in [1.82, 2.24) is 14.3 Å². The summed E-state index contributed by atoms with van der Waals surface area (Å²) in [5, 5.41) is 27.7. The number of halogens is 1. The average Bonchev–Trinajstić information content (AvgIpc) is 3.10. The van der Waals surface area contributed by atoms with Crippen molar-refractivity contribution in [3.05, 3.63) is 74.0 Å². The number of nitrogens with zero attached hydrogens (tertiary/aromatic N) is 5. The van der Waals surface area contributed by atoms with E-state index in [1.165, 1.54) is 30.7 Å². The van der Waals surface area contributed by atoms with Crippen LogP contribution >= 0.6 is 0 Å². The molecule has 1 amide bonds. The van der Waals surface area contributed by atoms with Gasteiger partial charge in [-0.05, 0) is 51.0 Å². The number of hydrogen-bond donors (Lipinski definition) is 1. The van der Waals surface area contributed by atoms with E-state index in [4.69, 9.17) is 0 Å². The Labute approximate surface area is 177 Å². The van der Waals surface area contributed by atoms with Gasteiger partial charge in [0.15, 0.2) is 0 Å². The molecule has 9 nitrogen and oxygen atoms in total. The molecule has 0 bridgehead atoms. The number of nitrogens with one attached hydrogen (secondary N) is 1. The number of nitro groups is 1. The van der Waals surface area contributed by atoms with Crippen LogP contribution in [0.2, 0.25) is 0 Å². The number of carbonyl (C=O) groups excluding carboxylic acids is 1. The van der Waals surface area contributed by atoms with Gasteiger partial charge in [0.2, 0.25) is 5.91 Å². The minimum absolute atomic E-state index is 0.128. The van der Waals surface area contributed by atoms with Crippen LogP contribution in [0, 0.1) is 55.0 Å². The minimum Gasteiger partial charge on any atom is -0.326 e. The molecular formula is C21H21FN6O3. The number of benzene rings is 1. The second-order valence-electron chi connectivity index (χ2n) is 7.24. The van der Waals surface area contributed by atoms with Gasteiger partial charge in [0, 0.05) is 12.2 Å². The Balaban J connectivity index is 1.92. The number of carbonyl (C=O) groups is 1. The Hall–Kier alpha value is -4.00. The summed E-state index contributed by atoms with van der Waals surface area (Å²) in [6.07, 6.45) is 0. The molecule has 160 valence electrons. The summed E-state index contributed by atoms with van der Waals surface area (Å²) >= 11 is 0. The second kappa shape index (κ2) is 8.39. The maximum Gasteiger partial charge on any atom is 0.312 e. The lowest BCUT2D eigenvalue weighted by Crippen LogP contribution is -2.23. The minimum atomic E-state index is -0.527. The number of aryl methyl sites for hydroxylation is 1. The third-order valence-electron chi connectivity index (χ3n) is 5.27. The Bertz CT molecular complexity index is 1220. The Morgan fingerprint density at radius 1 is 1.23 bits per heavy atom. The van der Waals surface area contributed by atoms with Crippen LogP contribution in [0.25, 0.3) is 0 Å². The van der Waals surface area contributed by atoms with Crippen LogP contribution in [0.5, 0.6) is 0 Å². The Morgan fingerprint density at radius 3 is 2.42 bits per heavy atom. The van der Waals surface area contributed by atoms with Gasteiger partial charge >= 0.3 is 5.69 Å². The summed E-state index contributed by atoms with van der Waals surface area (Å²) in [5.41, 5.74) is 3.00. The van der Waals surface area contributed by atoms with Crippen molar-refractivity contribution >= 4 is 17.4 Å². The van der Waals surface area contributed by atoms with Gasteiger partial charge in [-0.2, -0.15) is 10.4 Å². The molecule has 0 unspecified atom stereocenters. The molecule has 1 aromatic carbocycles. The SMILES string of the molecule is Cc1nn(CC(=O)Nc2c(C#N)c(C)c(C)n2Cc2ccc(F)cc2)c(C)c1[N+](=O)[O-]. The fourth-order valence-electron chi connectivity index (χ4n) is 3.51. The molecule has 0 radical (unpaired) electrons. The summed E-state index contributed by atoms with van der Waals surface area (Å²) in [4.78, 5) is 23.4. The standard InChI is InChI=1S/C21H21FN6O3/c1-12-14(3)26(10-16-5-7-17(22)8-6-16)21(18(12)9-23)24-19(29)11-27-15(4)20(28(30)31)13(2)25-27/h5-8H,10-11H2,1-4H3,(H,24,29). The molecule has 0 fully saturated rings. The molecule has 0 aliphatic rings. The van der Waals surface area contributed by atoms with Gasteiger partial charge in [-0.25, -0.2) is 4.39 Å². The second-order valence-corrected chi connectivity index (χ2v) is 7.24. The van der Waals surface area contributed by atoms with Crippen LogP contribution in [0.15, 0.2) is 24.3 Å². The molecule has 2 heterocycles. The average molecular weight is 424 g/mol. The highest BCUT2D eigenvalue weighted by Gasteiger charge is 2.24. The summed E-state index contributed by atoms with van der Waals surface area (Å²) in [5.74, 6) is -0.507. The van der Waals surface area contributed by atoms with Gasteiger partial charge in [-0.1, -0.05) is 12.1 Å². The molecular weight excluding hydrogens is 403 g/mol. The largest absolute Gasteiger partial charge is 0.326 e. The number of anilines is 1. The zero-order chi connectivity index (χ0) is 22.9. The predicted molar refractivity (Wildman–Crippen MR) is 111 cm³/mol. The van der Waals surface area contributed by atoms with Crippen molar-refractivity contribution in [2.24, 2.45) is 0 Å². The van der Waals surface area contributed by atoms with Crippen LogP contribution in [-0.4, -0.2) is 25.2 Å². The lowest BCUT2D eigenvalue weighted by molar-refractivity contribution is -0.386. The third kappa shape index (κ3) is 4.16. The highest BCUT2D eigenvalue weighted by molar-refractivity contribution is 5.91. The van der Waals surface area contributed by atoms with Crippen molar-refractivity contribution in [3.8, 4) is 6.07 Å². The molecule has 10 heteroatoms. The molecule has 0 aliphatic carbocycles. The smallest absolute Gasteiger partial charge is 0.312 e. The number of aromatic nitrogens is 3. The Kier molecular flexibility index (Phi) is 5.88. The first kappa shape index (κ1) is 21.7. The molecule has 0 saturated carbocycles. The lowest BCUT2D eigenvalue weighted by atomic mass is 10.2. The number of nitriles is 1. The van der Waals surface area contributed by atoms with Crippen molar-refractivity contribution in [2.45, 2.75) is 40.8 Å². The van der Waals surface area contributed by atoms with Crippen LogP contribution in [0.3, 0.4) is 0 Å². The van der Waals surface area contributed by atoms with Crippen LogP contribution in [0.1, 0.15) is 33.8 Å². The normalized spacial score (nSPS) is 10.7. The summed E-state index contributed by atoms with van der Waals surface area (Å²) < 4.78 is 16.3. The van der Waals surface area contributed by atoms with E-state index < -0.39 is 10.8 Å². The van der Waals surface area contributed by atoms with Crippen molar-refractivity contribution in [2.75, 3.05) is 5.32 Å². The fourth-order valence-corrected chi connectivity index (χ4v) is 3.51. The fraction of sp³-hybridized carbons (Fsp3) is 0.286. The first-order valence-electron chi connectivity index (χ1n) is 9.46. The van der Waals surface area contributed by atoms with Gasteiger partial charge in [0.05, 0.1) is 10.5 Å². The van der Waals surface area contributed by atoms with E-state index in [0.29, 0.717) is 17.9 Å². The van der Waals surface area contributed by atoms with E-state index in [1.807, 2.05) is 6.92 Å². The maximum absolute atomic E-state index is 13.2. The van der Waals surface area contributed by atoms with Gasteiger partial charge in [-0.15, -0.1) is 0 Å². The zero-order valence-electron chi connectivity index (χ0n) is 17.6. The topological polar surface area (TPSA) is 119 Å².